The molecule has 0 atom stereocenters. The molecule has 0 aliphatic carbocycles. The smallest absolute Gasteiger partial charge is 1.00 e. The molecule has 0 amide bonds. The Kier molecular flexibility index (Phi) is 22.8. The van der Waals surface area contributed by atoms with Gasteiger partial charge in [0.05, 0.1) is 0 Å². The van der Waals surface area contributed by atoms with Crippen LogP contribution in [0.4, 0.5) is 0 Å². The zero-order chi connectivity index (χ0) is 12.3. The van der Waals surface area contributed by atoms with Crippen molar-refractivity contribution < 1.29 is 74.2 Å². The third-order valence-corrected chi connectivity index (χ3v) is 2.10. The quantitative estimate of drug-likeness (QED) is 0.172. The van der Waals surface area contributed by atoms with Crippen LogP contribution in [0.25, 0.3) is 10.8 Å². The van der Waals surface area contributed by atoms with Crippen LogP contribution in [0.2, 0.25) is 13.1 Å². The van der Waals surface area contributed by atoms with Gasteiger partial charge in [-0.2, -0.15) is 35.7 Å². The molecule has 20 heavy (non-hydrogen) atoms. The van der Waals surface area contributed by atoms with Gasteiger partial charge in [-0.15, -0.1) is 29.7 Å². The van der Waals surface area contributed by atoms with Crippen LogP contribution >= 0.6 is 0 Å². The van der Waals surface area contributed by atoms with E-state index in [1.807, 2.05) is 30.3 Å². The van der Waals surface area contributed by atoms with Crippen molar-refractivity contribution in [2.45, 2.75) is 13.1 Å². The molecule has 3 aromatic rings. The number of rotatable bonds is 0. The van der Waals surface area contributed by atoms with Crippen LogP contribution in [0, 0.1) is 0 Å². The molecule has 0 fully saturated rings. The maximum atomic E-state index is 2.21. The monoisotopic (exact) mass is 583 g/mol. The number of halogens is 2. The molecule has 0 spiro atoms. The summed E-state index contributed by atoms with van der Waals surface area (Å²) in [5.41, 5.74) is 0. The van der Waals surface area contributed by atoms with E-state index in [-0.39, 0.29) is 74.2 Å². The Hall–Kier alpha value is 0.740. The van der Waals surface area contributed by atoms with Gasteiger partial charge in [0.15, 0.2) is 0 Å². The Morgan fingerprint density at radius 1 is 0.800 bits per heavy atom. The minimum atomic E-state index is 0. The number of hydrogen-bond acceptors (Lipinski definition) is 0. The Morgan fingerprint density at radius 2 is 1.35 bits per heavy atom. The van der Waals surface area contributed by atoms with Gasteiger partial charge in [0.1, 0.15) is 0 Å². The predicted octanol–water partition coefficient (Wildman–Crippen LogP) is -1.51. The molecule has 4 heteroatoms. The molecule has 0 saturated heterocycles. The minimum Gasteiger partial charge on any atom is -1.00 e. The van der Waals surface area contributed by atoms with Crippen molar-refractivity contribution in [3.05, 3.63) is 72.8 Å². The zero-order valence-corrected chi connectivity index (χ0v) is 19.7. The molecule has 3 aromatic carbocycles. The van der Waals surface area contributed by atoms with Crippen molar-refractivity contribution in [3.8, 4) is 0 Å². The second-order valence-corrected chi connectivity index (χ2v) is 4.85. The first kappa shape index (κ1) is 25.7. The van der Waals surface area contributed by atoms with Crippen molar-refractivity contribution in [2.24, 2.45) is 0 Å². The van der Waals surface area contributed by atoms with E-state index < -0.39 is 0 Å². The fourth-order valence-corrected chi connectivity index (χ4v) is 1.39. The standard InChI is InChI=1S/C9H7.C5H5.C2H7Si.2HI.Zr/c1-2-5-9-7-3-6-8(9)4-1;1-2-4-5-3-1;1-3-2;;;/h1-7H;1-5H;3H,1-2H3;2*1H;/q2*-1;;;;+4/p-2. The van der Waals surface area contributed by atoms with Crippen LogP contribution in [0.1, 0.15) is 0 Å². The van der Waals surface area contributed by atoms with Crippen molar-refractivity contribution in [2.75, 3.05) is 0 Å². The van der Waals surface area contributed by atoms with E-state index in [1.54, 1.807) is 0 Å². The average Bonchev–Trinajstić information content (AvgIpc) is 3.05. The van der Waals surface area contributed by atoms with Crippen molar-refractivity contribution >= 4 is 20.3 Å². The van der Waals surface area contributed by atoms with Gasteiger partial charge in [0.2, 0.25) is 0 Å². The largest absolute Gasteiger partial charge is 4.00 e. The summed E-state index contributed by atoms with van der Waals surface area (Å²) in [6.45, 7) is 4.42. The van der Waals surface area contributed by atoms with Crippen LogP contribution in [0.5, 0.6) is 0 Å². The van der Waals surface area contributed by atoms with E-state index in [0.29, 0.717) is 0 Å². The molecule has 1 radical (unpaired) electrons. The number of fused-ring (bicyclic) bond motifs is 1. The first-order chi connectivity index (χ1) is 8.38. The molecule has 0 N–H and O–H groups in total. The molecule has 3 rings (SSSR count). The molecule has 0 aliphatic heterocycles. The Bertz CT molecular complexity index is 444. The van der Waals surface area contributed by atoms with Crippen LogP contribution in [0.15, 0.2) is 72.8 Å². The third kappa shape index (κ3) is 11.4. The summed E-state index contributed by atoms with van der Waals surface area (Å²) in [7, 11) is 0.750. The second kappa shape index (κ2) is 17.8. The van der Waals surface area contributed by atoms with Gasteiger partial charge in [0.25, 0.3) is 0 Å². The summed E-state index contributed by atoms with van der Waals surface area (Å²) in [5.74, 6) is 0. The van der Waals surface area contributed by atoms with Gasteiger partial charge in [-0.25, -0.2) is 12.1 Å². The van der Waals surface area contributed by atoms with Crippen molar-refractivity contribution in [3.63, 3.8) is 0 Å². The second-order valence-electron chi connectivity index (χ2n) is 3.69. The summed E-state index contributed by atoms with van der Waals surface area (Å²) in [5, 5.41) is 2.66. The minimum absolute atomic E-state index is 0. The van der Waals surface area contributed by atoms with Crippen LogP contribution in [-0.4, -0.2) is 9.52 Å². The summed E-state index contributed by atoms with van der Waals surface area (Å²) in [6, 6.07) is 24.7. The van der Waals surface area contributed by atoms with E-state index in [0.717, 1.165) is 9.52 Å². The van der Waals surface area contributed by atoms with E-state index in [1.165, 1.54) is 10.8 Å². The zero-order valence-electron chi connectivity index (χ0n) is 11.8. The van der Waals surface area contributed by atoms with E-state index in [2.05, 4.69) is 55.6 Å². The molecule has 105 valence electrons. The van der Waals surface area contributed by atoms with Gasteiger partial charge < -0.3 is 48.0 Å². The van der Waals surface area contributed by atoms with Crippen LogP contribution in [-0.2, 0) is 26.2 Å². The van der Waals surface area contributed by atoms with Crippen molar-refractivity contribution in [1.29, 1.82) is 0 Å². The topological polar surface area (TPSA) is 0 Å². The molecular weight excluding hydrogens is 565 g/mol. The first-order valence-electron chi connectivity index (χ1n) is 5.89. The van der Waals surface area contributed by atoms with Gasteiger partial charge in [-0.05, 0) is 0 Å². The van der Waals surface area contributed by atoms with Crippen LogP contribution in [0.3, 0.4) is 0 Å². The van der Waals surface area contributed by atoms with Gasteiger partial charge in [0, 0.05) is 9.52 Å². The summed E-state index contributed by atoms with van der Waals surface area (Å²) >= 11 is 0. The number of benzene rings is 1. The first-order valence-corrected chi connectivity index (χ1v) is 8.20. The predicted molar refractivity (Wildman–Crippen MR) is 80.5 cm³/mol. The van der Waals surface area contributed by atoms with Crippen molar-refractivity contribution in [1.82, 2.24) is 0 Å². The van der Waals surface area contributed by atoms with E-state index >= 15 is 0 Å². The van der Waals surface area contributed by atoms with Gasteiger partial charge in [-0.3, -0.25) is 0 Å². The summed E-state index contributed by atoms with van der Waals surface area (Å²) in [4.78, 5) is 0. The molecule has 0 heterocycles. The maximum absolute atomic E-state index is 2.21. The maximum Gasteiger partial charge on any atom is 4.00 e. The molecule has 0 unspecified atom stereocenters. The Balaban J connectivity index is -0.000000231. The summed E-state index contributed by atoms with van der Waals surface area (Å²) < 4.78 is 0. The average molecular weight is 584 g/mol. The normalized spacial score (nSPS) is 7.50. The van der Waals surface area contributed by atoms with Gasteiger partial charge >= 0.3 is 26.2 Å². The SMILES string of the molecule is C[SiH]C.[I-].[I-].[Zr+4].c1cc[cH-]c1.c1ccc2[cH-]ccc2c1. The summed E-state index contributed by atoms with van der Waals surface area (Å²) in [6.07, 6.45) is 0. The molecule has 0 aliphatic rings. The molecule has 0 nitrogen and oxygen atoms in total. The fraction of sp³-hybridized carbons (Fsp3) is 0.125. The molecule has 0 aromatic heterocycles. The Labute approximate surface area is 178 Å². The van der Waals surface area contributed by atoms with Crippen LogP contribution < -0.4 is 48.0 Å². The van der Waals surface area contributed by atoms with E-state index in [9.17, 15) is 0 Å². The molecule has 0 saturated carbocycles. The van der Waals surface area contributed by atoms with Gasteiger partial charge in [-0.1, -0.05) is 19.2 Å². The molecular formula is C16H19I2SiZr. The number of hydrogen-bond donors (Lipinski definition) is 0. The Morgan fingerprint density at radius 3 is 1.80 bits per heavy atom. The third-order valence-electron chi connectivity index (χ3n) is 2.10. The molecule has 0 bridgehead atoms. The van der Waals surface area contributed by atoms with E-state index in [4.69, 9.17) is 0 Å². The fourth-order valence-electron chi connectivity index (χ4n) is 1.39.